The molecule has 2 aromatic carbocycles. The number of carbonyl (C=O) groups is 1. The van der Waals surface area contributed by atoms with Crippen molar-refractivity contribution in [3.05, 3.63) is 65.2 Å². The quantitative estimate of drug-likeness (QED) is 0.737. The van der Waals surface area contributed by atoms with Crippen molar-refractivity contribution in [3.8, 4) is 0 Å². The van der Waals surface area contributed by atoms with Gasteiger partial charge in [0.1, 0.15) is 17.4 Å². The summed E-state index contributed by atoms with van der Waals surface area (Å²) in [7, 11) is 0. The number of Topliss-reactive ketones (excluding diaryl/α,β-unsaturated/α-hetero) is 1. The fourth-order valence-electron chi connectivity index (χ4n) is 2.66. The smallest absolute Gasteiger partial charge is 0.210 e. The summed E-state index contributed by atoms with van der Waals surface area (Å²) in [5, 5.41) is 0. The van der Waals surface area contributed by atoms with Gasteiger partial charge in [0, 0.05) is 4.90 Å². The molecule has 1 aliphatic rings. The molecule has 0 aromatic heterocycles. The molecular weight excluding hydrogens is 330 g/mol. The average molecular weight is 346 g/mol. The number of hydrogen-bond acceptors (Lipinski definition) is 3. The van der Waals surface area contributed by atoms with Crippen LogP contribution in [0.4, 0.5) is 8.78 Å². The van der Waals surface area contributed by atoms with Gasteiger partial charge in [0.05, 0.1) is 11.1 Å². The van der Waals surface area contributed by atoms with Gasteiger partial charge in [-0.15, -0.1) is 11.8 Å². The monoisotopic (exact) mass is 346 g/mol. The summed E-state index contributed by atoms with van der Waals surface area (Å²) in [6.07, 6.45) is 1.85. The van der Waals surface area contributed by atoms with Gasteiger partial charge >= 0.3 is 0 Å². The van der Waals surface area contributed by atoms with Crippen molar-refractivity contribution < 1.29 is 18.3 Å². The number of halogens is 2. The minimum atomic E-state index is -1.12. The molecule has 3 rings (SSSR count). The predicted molar refractivity (Wildman–Crippen MR) is 91.6 cm³/mol. The van der Waals surface area contributed by atoms with E-state index in [1.54, 1.807) is 32.0 Å². The highest BCUT2D eigenvalue weighted by Crippen LogP contribution is 2.42. The highest BCUT2D eigenvalue weighted by Gasteiger charge is 2.43. The Kier molecular flexibility index (Phi) is 4.22. The lowest BCUT2D eigenvalue weighted by atomic mass is 9.92. The molecule has 5 heteroatoms. The van der Waals surface area contributed by atoms with E-state index < -0.39 is 17.2 Å². The van der Waals surface area contributed by atoms with Gasteiger partial charge in [-0.25, -0.2) is 8.78 Å². The van der Waals surface area contributed by atoms with E-state index in [9.17, 15) is 13.6 Å². The molecule has 0 radical (unpaired) electrons. The summed E-state index contributed by atoms with van der Waals surface area (Å²) in [6.45, 7) is 3.24. The molecule has 0 saturated carbocycles. The van der Waals surface area contributed by atoms with Gasteiger partial charge in [-0.2, -0.15) is 0 Å². The summed E-state index contributed by atoms with van der Waals surface area (Å²) >= 11 is 1.42. The molecule has 24 heavy (non-hydrogen) atoms. The molecule has 124 valence electrons. The third-order valence-corrected chi connectivity index (χ3v) is 4.62. The number of benzene rings is 2. The molecular formula is C19H16F2O2S. The molecule has 0 amide bonds. The summed E-state index contributed by atoms with van der Waals surface area (Å²) < 4.78 is 33.9. The molecule has 0 bridgehead atoms. The number of thioether (sulfide) groups is 1. The molecule has 2 nitrogen and oxygen atoms in total. The van der Waals surface area contributed by atoms with Crippen LogP contribution in [-0.4, -0.2) is 17.6 Å². The van der Waals surface area contributed by atoms with Crippen molar-refractivity contribution in [1.29, 1.82) is 0 Å². The van der Waals surface area contributed by atoms with E-state index in [1.807, 2.05) is 6.26 Å². The molecule has 1 aliphatic heterocycles. The summed E-state index contributed by atoms with van der Waals surface area (Å²) in [5.74, 6) is -1.08. The molecule has 1 heterocycles. The maximum Gasteiger partial charge on any atom is 0.210 e. The Hall–Kier alpha value is -2.14. The Morgan fingerprint density at radius 1 is 1.08 bits per heavy atom. The van der Waals surface area contributed by atoms with Crippen molar-refractivity contribution in [1.82, 2.24) is 0 Å². The van der Waals surface area contributed by atoms with Gasteiger partial charge < -0.3 is 4.74 Å². The first kappa shape index (κ1) is 16.7. The van der Waals surface area contributed by atoms with Crippen LogP contribution in [0, 0.1) is 11.6 Å². The fraction of sp³-hybridized carbons (Fsp3) is 0.211. The zero-order valence-electron chi connectivity index (χ0n) is 13.5. The van der Waals surface area contributed by atoms with E-state index in [4.69, 9.17) is 4.74 Å². The third kappa shape index (κ3) is 2.84. The van der Waals surface area contributed by atoms with E-state index in [0.717, 1.165) is 4.90 Å². The van der Waals surface area contributed by atoms with Crippen LogP contribution in [0.5, 0.6) is 0 Å². The van der Waals surface area contributed by atoms with Crippen LogP contribution in [0.2, 0.25) is 0 Å². The molecule has 0 aliphatic carbocycles. The summed E-state index contributed by atoms with van der Waals surface area (Å²) in [6, 6.07) is 10.4. The van der Waals surface area contributed by atoms with Crippen LogP contribution in [0.15, 0.2) is 47.4 Å². The predicted octanol–water partition coefficient (Wildman–Crippen LogP) is 4.93. The van der Waals surface area contributed by atoms with Gasteiger partial charge in [-0.3, -0.25) is 4.79 Å². The molecule has 2 aromatic rings. The van der Waals surface area contributed by atoms with Gasteiger partial charge in [-0.05, 0) is 56.0 Å². The minimum Gasteiger partial charge on any atom is -0.478 e. The van der Waals surface area contributed by atoms with Crippen LogP contribution in [0.3, 0.4) is 0 Å². The molecule has 0 atom stereocenters. The average Bonchev–Trinajstić information content (AvgIpc) is 2.77. The van der Waals surface area contributed by atoms with Crippen LogP contribution in [0.1, 0.15) is 25.0 Å². The van der Waals surface area contributed by atoms with Crippen molar-refractivity contribution in [2.75, 3.05) is 6.26 Å². The third-order valence-electron chi connectivity index (χ3n) is 3.89. The summed E-state index contributed by atoms with van der Waals surface area (Å²) in [4.78, 5) is 13.5. The minimum absolute atomic E-state index is 0.153. The maximum atomic E-state index is 14.5. The van der Waals surface area contributed by atoms with E-state index in [0.29, 0.717) is 5.56 Å². The second kappa shape index (κ2) is 6.06. The highest BCUT2D eigenvalue weighted by atomic mass is 32.2. The van der Waals surface area contributed by atoms with Gasteiger partial charge in [-0.1, -0.05) is 12.1 Å². The number of carbonyl (C=O) groups excluding carboxylic acids is 1. The van der Waals surface area contributed by atoms with E-state index in [1.165, 1.54) is 36.0 Å². The number of hydrogen-bond donors (Lipinski definition) is 0. The first-order valence-electron chi connectivity index (χ1n) is 7.41. The van der Waals surface area contributed by atoms with Crippen molar-refractivity contribution in [3.63, 3.8) is 0 Å². The number of ether oxygens (including phenoxy) is 1. The lowest BCUT2D eigenvalue weighted by molar-refractivity contribution is -0.125. The highest BCUT2D eigenvalue weighted by molar-refractivity contribution is 7.98. The van der Waals surface area contributed by atoms with Gasteiger partial charge in [0.25, 0.3) is 0 Å². The van der Waals surface area contributed by atoms with Gasteiger partial charge in [0.15, 0.2) is 5.60 Å². The van der Waals surface area contributed by atoms with Crippen LogP contribution < -0.4 is 0 Å². The topological polar surface area (TPSA) is 26.3 Å². The Balaban J connectivity index is 2.22. The Bertz CT molecular complexity index is 856. The van der Waals surface area contributed by atoms with Crippen molar-refractivity contribution in [2.45, 2.75) is 24.3 Å². The SMILES string of the molecule is CSc1ccc(C2=C(c3cccc(F)c3)C(=O)C(C)(C)O2)c(F)c1. The molecule has 0 spiro atoms. The normalized spacial score (nSPS) is 16.5. The van der Waals surface area contributed by atoms with Crippen LogP contribution in [0.25, 0.3) is 11.3 Å². The first-order valence-corrected chi connectivity index (χ1v) is 8.64. The second-order valence-electron chi connectivity index (χ2n) is 6.00. The Morgan fingerprint density at radius 3 is 2.46 bits per heavy atom. The van der Waals surface area contributed by atoms with E-state index in [-0.39, 0.29) is 22.7 Å². The lowest BCUT2D eigenvalue weighted by Gasteiger charge is -2.18. The molecule has 0 fully saturated rings. The Morgan fingerprint density at radius 2 is 1.83 bits per heavy atom. The summed E-state index contributed by atoms with van der Waals surface area (Å²) in [5.41, 5.74) is -0.336. The van der Waals surface area contributed by atoms with Crippen molar-refractivity contribution in [2.24, 2.45) is 0 Å². The maximum absolute atomic E-state index is 14.5. The van der Waals surface area contributed by atoms with E-state index in [2.05, 4.69) is 0 Å². The zero-order valence-corrected chi connectivity index (χ0v) is 14.3. The second-order valence-corrected chi connectivity index (χ2v) is 6.88. The molecule has 0 N–H and O–H groups in total. The fourth-order valence-corrected chi connectivity index (χ4v) is 3.08. The number of ketones is 1. The standard InChI is InChI=1S/C19H16F2O2S/c1-19(2)18(22)16(11-5-4-6-12(20)9-11)17(23-19)14-8-7-13(24-3)10-15(14)21/h4-10H,1-3H3. The van der Waals surface area contributed by atoms with Gasteiger partial charge in [0.2, 0.25) is 5.78 Å². The van der Waals surface area contributed by atoms with Crippen molar-refractivity contribution >= 4 is 28.9 Å². The number of rotatable bonds is 3. The lowest BCUT2D eigenvalue weighted by Crippen LogP contribution is -2.29. The van der Waals surface area contributed by atoms with Crippen LogP contribution in [-0.2, 0) is 9.53 Å². The first-order chi connectivity index (χ1) is 11.3. The van der Waals surface area contributed by atoms with Crippen LogP contribution >= 0.6 is 11.8 Å². The Labute approximate surface area is 143 Å². The molecule has 0 unspecified atom stereocenters. The largest absolute Gasteiger partial charge is 0.478 e. The molecule has 0 saturated heterocycles. The van der Waals surface area contributed by atoms with E-state index >= 15 is 0 Å². The zero-order chi connectivity index (χ0) is 17.5.